The first kappa shape index (κ1) is 21.7. The van der Waals surface area contributed by atoms with Crippen LogP contribution in [0.25, 0.3) is 0 Å². The SMILES string of the molecule is CC(=O)NC(C(=O)N1CCC(NS(=O)(=O)c2ccc(F)cc2)CC1)C1CCCC1. The lowest BCUT2D eigenvalue weighted by atomic mass is 9.95. The van der Waals surface area contributed by atoms with Crippen LogP contribution in [0.5, 0.6) is 0 Å². The van der Waals surface area contributed by atoms with Gasteiger partial charge in [0.1, 0.15) is 11.9 Å². The summed E-state index contributed by atoms with van der Waals surface area (Å²) in [5.41, 5.74) is 0. The molecule has 3 rings (SSSR count). The van der Waals surface area contributed by atoms with Crippen LogP contribution in [0, 0.1) is 11.7 Å². The molecule has 0 spiro atoms. The molecule has 1 saturated heterocycles. The van der Waals surface area contributed by atoms with Gasteiger partial charge in [-0.3, -0.25) is 9.59 Å². The van der Waals surface area contributed by atoms with E-state index in [0.717, 1.165) is 37.8 Å². The summed E-state index contributed by atoms with van der Waals surface area (Å²) in [6.45, 7) is 2.28. The number of carbonyl (C=O) groups excluding carboxylic acids is 2. The molecule has 160 valence electrons. The van der Waals surface area contributed by atoms with Crippen LogP contribution in [0.3, 0.4) is 0 Å². The van der Waals surface area contributed by atoms with E-state index in [1.807, 2.05) is 0 Å². The number of sulfonamides is 1. The van der Waals surface area contributed by atoms with Crippen molar-refractivity contribution in [3.63, 3.8) is 0 Å². The summed E-state index contributed by atoms with van der Waals surface area (Å²) in [6.07, 6.45) is 4.99. The summed E-state index contributed by atoms with van der Waals surface area (Å²) in [5.74, 6) is -0.614. The molecule has 1 aliphatic carbocycles. The van der Waals surface area contributed by atoms with Crippen LogP contribution in [0.1, 0.15) is 45.4 Å². The highest BCUT2D eigenvalue weighted by Crippen LogP contribution is 2.29. The van der Waals surface area contributed by atoms with Crippen molar-refractivity contribution in [1.82, 2.24) is 14.9 Å². The van der Waals surface area contributed by atoms with Crippen LogP contribution in [0.15, 0.2) is 29.2 Å². The fourth-order valence-electron chi connectivity index (χ4n) is 4.21. The molecule has 1 aromatic carbocycles. The summed E-state index contributed by atoms with van der Waals surface area (Å²) in [7, 11) is -3.74. The molecule has 1 saturated carbocycles. The number of piperidine rings is 1. The smallest absolute Gasteiger partial charge is 0.245 e. The van der Waals surface area contributed by atoms with E-state index in [1.54, 1.807) is 4.90 Å². The quantitative estimate of drug-likeness (QED) is 0.726. The van der Waals surface area contributed by atoms with Crippen molar-refractivity contribution >= 4 is 21.8 Å². The number of amides is 2. The number of nitrogens with zero attached hydrogens (tertiary/aromatic N) is 1. The first-order valence-electron chi connectivity index (χ1n) is 10.1. The number of rotatable bonds is 6. The number of likely N-dealkylation sites (tertiary alicyclic amines) is 1. The molecule has 7 nitrogen and oxygen atoms in total. The van der Waals surface area contributed by atoms with Gasteiger partial charge in [-0.15, -0.1) is 0 Å². The zero-order valence-corrected chi connectivity index (χ0v) is 17.4. The Kier molecular flexibility index (Phi) is 6.89. The van der Waals surface area contributed by atoms with Crippen LogP contribution in [-0.2, 0) is 19.6 Å². The summed E-state index contributed by atoms with van der Waals surface area (Å²) in [5, 5.41) is 2.82. The van der Waals surface area contributed by atoms with Gasteiger partial charge in [0.2, 0.25) is 21.8 Å². The number of carbonyl (C=O) groups is 2. The maximum Gasteiger partial charge on any atom is 0.245 e. The fourth-order valence-corrected chi connectivity index (χ4v) is 5.51. The molecule has 2 amide bonds. The fraction of sp³-hybridized carbons (Fsp3) is 0.600. The van der Waals surface area contributed by atoms with E-state index in [1.165, 1.54) is 19.1 Å². The maximum atomic E-state index is 13.0. The lowest BCUT2D eigenvalue weighted by molar-refractivity contribution is -0.138. The zero-order chi connectivity index (χ0) is 21.0. The van der Waals surface area contributed by atoms with Crippen LogP contribution < -0.4 is 10.0 Å². The van der Waals surface area contributed by atoms with Crippen LogP contribution in [-0.4, -0.2) is 50.3 Å². The van der Waals surface area contributed by atoms with Gasteiger partial charge in [0.25, 0.3) is 0 Å². The molecule has 9 heteroatoms. The van der Waals surface area contributed by atoms with E-state index in [2.05, 4.69) is 10.0 Å². The minimum Gasteiger partial charge on any atom is -0.344 e. The third-order valence-corrected chi connectivity index (χ3v) is 7.28. The molecular formula is C20H28FN3O4S. The molecule has 0 bridgehead atoms. The molecule has 1 aliphatic heterocycles. The van der Waals surface area contributed by atoms with Crippen LogP contribution in [0.4, 0.5) is 4.39 Å². The highest BCUT2D eigenvalue weighted by atomic mass is 32.2. The van der Waals surface area contributed by atoms with Crippen molar-refractivity contribution in [1.29, 1.82) is 0 Å². The van der Waals surface area contributed by atoms with Gasteiger partial charge in [-0.05, 0) is 55.9 Å². The van der Waals surface area contributed by atoms with Crippen molar-refractivity contribution < 1.29 is 22.4 Å². The topological polar surface area (TPSA) is 95.6 Å². The second kappa shape index (κ2) is 9.21. The van der Waals surface area contributed by atoms with Crippen molar-refractivity contribution in [3.05, 3.63) is 30.1 Å². The molecule has 2 fully saturated rings. The van der Waals surface area contributed by atoms with Gasteiger partial charge >= 0.3 is 0 Å². The Hall–Kier alpha value is -2.00. The minimum atomic E-state index is -3.74. The molecule has 0 aromatic heterocycles. The van der Waals surface area contributed by atoms with Gasteiger partial charge in [0, 0.05) is 26.1 Å². The predicted molar refractivity (Wildman–Crippen MR) is 106 cm³/mol. The third-order valence-electron chi connectivity index (χ3n) is 5.75. The Morgan fingerprint density at radius 1 is 1.07 bits per heavy atom. The standard InChI is InChI=1S/C20H28FN3O4S/c1-14(25)22-19(15-4-2-3-5-15)20(26)24-12-10-17(11-13-24)23-29(27,28)18-8-6-16(21)7-9-18/h6-9,15,17,19,23H,2-5,10-13H2,1H3,(H,22,25). The van der Waals surface area contributed by atoms with E-state index in [9.17, 15) is 22.4 Å². The number of benzene rings is 1. The molecule has 1 unspecified atom stereocenters. The van der Waals surface area contributed by atoms with Crippen LogP contribution in [0.2, 0.25) is 0 Å². The molecule has 0 radical (unpaired) electrons. The maximum absolute atomic E-state index is 13.0. The first-order chi connectivity index (χ1) is 13.8. The monoisotopic (exact) mass is 425 g/mol. The highest BCUT2D eigenvalue weighted by Gasteiger charge is 2.36. The predicted octanol–water partition coefficient (Wildman–Crippen LogP) is 1.79. The van der Waals surface area contributed by atoms with E-state index in [0.29, 0.717) is 25.9 Å². The van der Waals surface area contributed by atoms with E-state index in [4.69, 9.17) is 0 Å². The Morgan fingerprint density at radius 3 is 2.21 bits per heavy atom. The van der Waals surface area contributed by atoms with Gasteiger partial charge in [0.15, 0.2) is 0 Å². The van der Waals surface area contributed by atoms with Gasteiger partial charge in [-0.2, -0.15) is 0 Å². The van der Waals surface area contributed by atoms with Crippen molar-refractivity contribution in [3.8, 4) is 0 Å². The zero-order valence-electron chi connectivity index (χ0n) is 16.6. The molecule has 2 aliphatic rings. The second-order valence-electron chi connectivity index (χ2n) is 7.90. The Bertz CT molecular complexity index is 830. The van der Waals surface area contributed by atoms with Crippen molar-refractivity contribution in [2.24, 2.45) is 5.92 Å². The molecular weight excluding hydrogens is 397 g/mol. The Balaban J connectivity index is 1.58. The average molecular weight is 426 g/mol. The summed E-state index contributed by atoms with van der Waals surface area (Å²) >= 11 is 0. The van der Waals surface area contributed by atoms with Crippen molar-refractivity contribution in [2.45, 2.75) is 62.4 Å². The Labute approximate surface area is 171 Å². The number of hydrogen-bond donors (Lipinski definition) is 2. The van der Waals surface area contributed by atoms with Gasteiger partial charge in [-0.25, -0.2) is 17.5 Å². The number of halogens is 1. The molecule has 29 heavy (non-hydrogen) atoms. The minimum absolute atomic E-state index is 0.0179. The van der Waals surface area contributed by atoms with Crippen LogP contribution >= 0.6 is 0 Å². The average Bonchev–Trinajstić information content (AvgIpc) is 3.20. The van der Waals surface area contributed by atoms with E-state index < -0.39 is 21.9 Å². The lowest BCUT2D eigenvalue weighted by Crippen LogP contribution is -2.54. The molecule has 1 atom stereocenters. The molecule has 1 heterocycles. The summed E-state index contributed by atoms with van der Waals surface area (Å²) in [6, 6.07) is 3.90. The van der Waals surface area contributed by atoms with Gasteiger partial charge in [-0.1, -0.05) is 12.8 Å². The normalized spacial score (nSPS) is 19.9. The molecule has 1 aromatic rings. The van der Waals surface area contributed by atoms with E-state index in [-0.39, 0.29) is 28.7 Å². The number of nitrogens with one attached hydrogen (secondary N) is 2. The van der Waals surface area contributed by atoms with Gasteiger partial charge in [0.05, 0.1) is 4.90 Å². The Morgan fingerprint density at radius 2 is 1.66 bits per heavy atom. The lowest BCUT2D eigenvalue weighted by Gasteiger charge is -2.36. The van der Waals surface area contributed by atoms with Gasteiger partial charge < -0.3 is 10.2 Å². The summed E-state index contributed by atoms with van der Waals surface area (Å²) < 4.78 is 40.6. The largest absolute Gasteiger partial charge is 0.344 e. The van der Waals surface area contributed by atoms with Crippen molar-refractivity contribution in [2.75, 3.05) is 13.1 Å². The number of hydrogen-bond acceptors (Lipinski definition) is 4. The third kappa shape index (κ3) is 5.54. The second-order valence-corrected chi connectivity index (χ2v) is 9.61. The molecule has 2 N–H and O–H groups in total. The first-order valence-corrected chi connectivity index (χ1v) is 11.6. The summed E-state index contributed by atoms with van der Waals surface area (Å²) in [4.78, 5) is 26.3. The van der Waals surface area contributed by atoms with E-state index >= 15 is 0 Å². The highest BCUT2D eigenvalue weighted by molar-refractivity contribution is 7.89.